The van der Waals surface area contributed by atoms with Crippen molar-refractivity contribution in [3.63, 3.8) is 0 Å². The van der Waals surface area contributed by atoms with Crippen molar-refractivity contribution < 1.29 is 14.7 Å². The minimum absolute atomic E-state index is 0.00106. The van der Waals surface area contributed by atoms with Gasteiger partial charge in [0.25, 0.3) is 0 Å². The van der Waals surface area contributed by atoms with Crippen molar-refractivity contribution >= 4 is 12.0 Å². The number of benzene rings is 1. The Morgan fingerprint density at radius 3 is 2.48 bits per heavy atom. The normalized spacial score (nSPS) is 16.8. The third-order valence-electron chi connectivity index (χ3n) is 3.73. The van der Waals surface area contributed by atoms with Crippen molar-refractivity contribution in [3.8, 4) is 0 Å². The van der Waals surface area contributed by atoms with Gasteiger partial charge in [-0.05, 0) is 44.1 Å². The number of aliphatic carboxylic acids is 1. The molecule has 2 unspecified atom stereocenters. The van der Waals surface area contributed by atoms with Crippen LogP contribution in [0.2, 0.25) is 0 Å². The summed E-state index contributed by atoms with van der Waals surface area (Å²) in [6.45, 7) is 1.93. The van der Waals surface area contributed by atoms with Gasteiger partial charge in [0.2, 0.25) is 0 Å². The zero-order valence-corrected chi connectivity index (χ0v) is 12.2. The highest BCUT2D eigenvalue weighted by atomic mass is 16.4. The van der Waals surface area contributed by atoms with Crippen molar-refractivity contribution in [2.75, 3.05) is 0 Å². The highest BCUT2D eigenvalue weighted by Crippen LogP contribution is 2.32. The van der Waals surface area contributed by atoms with Gasteiger partial charge in [-0.2, -0.15) is 0 Å². The number of carbonyl (C=O) groups is 2. The molecule has 0 spiro atoms. The molecule has 0 aromatic heterocycles. The number of hydrogen-bond acceptors (Lipinski definition) is 2. The van der Waals surface area contributed by atoms with E-state index in [2.05, 4.69) is 22.8 Å². The molecule has 2 rings (SSSR count). The molecule has 1 aliphatic rings. The largest absolute Gasteiger partial charge is 0.480 e. The Morgan fingerprint density at radius 1 is 1.24 bits per heavy atom. The summed E-state index contributed by atoms with van der Waals surface area (Å²) >= 11 is 0. The van der Waals surface area contributed by atoms with Crippen LogP contribution in [0.25, 0.3) is 0 Å². The number of amides is 2. The van der Waals surface area contributed by atoms with E-state index in [1.807, 2.05) is 25.1 Å². The van der Waals surface area contributed by atoms with Crippen LogP contribution in [0, 0.1) is 5.92 Å². The molecular formula is C16H22N2O3. The first kappa shape index (κ1) is 15.4. The molecule has 21 heavy (non-hydrogen) atoms. The van der Waals surface area contributed by atoms with Crippen LogP contribution in [0.4, 0.5) is 4.79 Å². The zero-order chi connectivity index (χ0) is 15.2. The van der Waals surface area contributed by atoms with Crippen molar-refractivity contribution in [2.45, 2.75) is 44.7 Å². The van der Waals surface area contributed by atoms with Gasteiger partial charge in [-0.15, -0.1) is 0 Å². The van der Waals surface area contributed by atoms with Crippen LogP contribution in [0.5, 0.6) is 0 Å². The maximum atomic E-state index is 11.8. The highest BCUT2D eigenvalue weighted by Gasteiger charge is 2.37. The van der Waals surface area contributed by atoms with Crippen molar-refractivity contribution in [1.29, 1.82) is 0 Å². The van der Waals surface area contributed by atoms with E-state index >= 15 is 0 Å². The lowest BCUT2D eigenvalue weighted by molar-refractivity contribution is -0.139. The number of carboxylic acid groups (broad SMARTS) is 1. The van der Waals surface area contributed by atoms with E-state index in [1.54, 1.807) is 0 Å². The van der Waals surface area contributed by atoms with Crippen molar-refractivity contribution in [2.24, 2.45) is 5.92 Å². The maximum absolute atomic E-state index is 11.8. The first-order chi connectivity index (χ1) is 10.1. The molecule has 1 aromatic rings. The van der Waals surface area contributed by atoms with Gasteiger partial charge in [0.05, 0.1) is 0 Å². The minimum Gasteiger partial charge on any atom is -0.480 e. The lowest BCUT2D eigenvalue weighted by Gasteiger charge is -2.18. The SMILES string of the molecule is CC(CCc1ccccc1)NC(=O)NC(C(=O)O)C1CC1. The fourth-order valence-corrected chi connectivity index (χ4v) is 2.32. The summed E-state index contributed by atoms with van der Waals surface area (Å²) in [6, 6.07) is 8.92. The molecule has 0 saturated heterocycles. The lowest BCUT2D eigenvalue weighted by atomic mass is 10.1. The van der Waals surface area contributed by atoms with E-state index in [9.17, 15) is 9.59 Å². The number of hydrogen-bond donors (Lipinski definition) is 3. The van der Waals surface area contributed by atoms with E-state index < -0.39 is 18.0 Å². The van der Waals surface area contributed by atoms with Crippen LogP contribution in [0.1, 0.15) is 31.7 Å². The average molecular weight is 290 g/mol. The van der Waals surface area contributed by atoms with E-state index in [-0.39, 0.29) is 12.0 Å². The van der Waals surface area contributed by atoms with Crippen LogP contribution in [-0.2, 0) is 11.2 Å². The van der Waals surface area contributed by atoms with Crippen LogP contribution >= 0.6 is 0 Å². The number of carbonyl (C=O) groups excluding carboxylic acids is 1. The van der Waals surface area contributed by atoms with Gasteiger partial charge in [-0.1, -0.05) is 30.3 Å². The second-order valence-electron chi connectivity index (χ2n) is 5.70. The summed E-state index contributed by atoms with van der Waals surface area (Å²) in [6.07, 6.45) is 3.45. The van der Waals surface area contributed by atoms with Crippen molar-refractivity contribution in [1.82, 2.24) is 10.6 Å². The zero-order valence-electron chi connectivity index (χ0n) is 12.2. The fourth-order valence-electron chi connectivity index (χ4n) is 2.32. The predicted molar refractivity (Wildman–Crippen MR) is 80.0 cm³/mol. The molecule has 1 fully saturated rings. The molecule has 0 radical (unpaired) electrons. The van der Waals surface area contributed by atoms with Gasteiger partial charge in [-0.3, -0.25) is 0 Å². The second-order valence-corrected chi connectivity index (χ2v) is 5.70. The number of aryl methyl sites for hydroxylation is 1. The van der Waals surface area contributed by atoms with Crippen LogP contribution in [0.3, 0.4) is 0 Å². The van der Waals surface area contributed by atoms with Gasteiger partial charge in [0.1, 0.15) is 6.04 Å². The van der Waals surface area contributed by atoms with Crippen LogP contribution in [0.15, 0.2) is 30.3 Å². The standard InChI is InChI=1S/C16H22N2O3/c1-11(7-8-12-5-3-2-4-6-12)17-16(21)18-14(15(19)20)13-9-10-13/h2-6,11,13-14H,7-10H2,1H3,(H,19,20)(H2,17,18,21). The summed E-state index contributed by atoms with van der Waals surface area (Å²) < 4.78 is 0. The van der Waals surface area contributed by atoms with E-state index in [1.165, 1.54) is 5.56 Å². The molecular weight excluding hydrogens is 268 g/mol. The first-order valence-electron chi connectivity index (χ1n) is 7.40. The number of rotatable bonds is 7. The monoisotopic (exact) mass is 290 g/mol. The number of urea groups is 1. The summed E-state index contributed by atoms with van der Waals surface area (Å²) in [5, 5.41) is 14.4. The Balaban J connectivity index is 1.72. The van der Waals surface area contributed by atoms with Crippen molar-refractivity contribution in [3.05, 3.63) is 35.9 Å². The summed E-state index contributed by atoms with van der Waals surface area (Å²) in [5.74, 6) is -0.863. The maximum Gasteiger partial charge on any atom is 0.326 e. The molecule has 0 heterocycles. The molecule has 1 saturated carbocycles. The van der Waals surface area contributed by atoms with Gasteiger partial charge >= 0.3 is 12.0 Å². The van der Waals surface area contributed by atoms with E-state index in [0.29, 0.717) is 0 Å². The molecule has 1 aliphatic carbocycles. The minimum atomic E-state index is -0.954. The number of nitrogens with one attached hydrogen (secondary N) is 2. The molecule has 2 amide bonds. The predicted octanol–water partition coefficient (Wildman–Crippen LogP) is 2.17. The molecule has 5 nitrogen and oxygen atoms in total. The Morgan fingerprint density at radius 2 is 1.90 bits per heavy atom. The molecule has 114 valence electrons. The third-order valence-corrected chi connectivity index (χ3v) is 3.73. The third kappa shape index (κ3) is 5.10. The smallest absolute Gasteiger partial charge is 0.326 e. The Bertz CT molecular complexity index is 486. The van der Waals surface area contributed by atoms with Crippen LogP contribution < -0.4 is 10.6 Å². The summed E-state index contributed by atoms with van der Waals surface area (Å²) in [4.78, 5) is 22.9. The molecule has 0 bridgehead atoms. The molecule has 2 atom stereocenters. The molecule has 5 heteroatoms. The first-order valence-corrected chi connectivity index (χ1v) is 7.40. The fraction of sp³-hybridized carbons (Fsp3) is 0.500. The quantitative estimate of drug-likeness (QED) is 0.720. The molecule has 1 aromatic carbocycles. The average Bonchev–Trinajstić information content (AvgIpc) is 3.28. The highest BCUT2D eigenvalue weighted by molar-refractivity contribution is 5.83. The Hall–Kier alpha value is -2.04. The van der Waals surface area contributed by atoms with Gasteiger partial charge in [0, 0.05) is 6.04 Å². The Kier molecular flexibility index (Phi) is 5.20. The lowest BCUT2D eigenvalue weighted by Crippen LogP contribution is -2.49. The van der Waals surface area contributed by atoms with Gasteiger partial charge < -0.3 is 15.7 Å². The summed E-state index contributed by atoms with van der Waals surface area (Å²) in [5.41, 5.74) is 1.23. The van der Waals surface area contributed by atoms with Crippen LogP contribution in [-0.4, -0.2) is 29.2 Å². The van der Waals surface area contributed by atoms with Gasteiger partial charge in [0.15, 0.2) is 0 Å². The second kappa shape index (κ2) is 7.11. The topological polar surface area (TPSA) is 78.4 Å². The molecule has 3 N–H and O–H groups in total. The summed E-state index contributed by atoms with van der Waals surface area (Å²) in [7, 11) is 0. The molecule has 0 aliphatic heterocycles. The van der Waals surface area contributed by atoms with Gasteiger partial charge in [-0.25, -0.2) is 9.59 Å². The number of carboxylic acids is 1. The Labute approximate surface area is 124 Å². The van der Waals surface area contributed by atoms with E-state index in [4.69, 9.17) is 5.11 Å². The van der Waals surface area contributed by atoms with E-state index in [0.717, 1.165) is 25.7 Å².